The third-order valence-electron chi connectivity index (χ3n) is 14.8. The van der Waals surface area contributed by atoms with Crippen LogP contribution in [0.3, 0.4) is 0 Å². The molecule has 2 fully saturated rings. The number of aromatic amines is 1. The van der Waals surface area contributed by atoms with Gasteiger partial charge in [-0.1, -0.05) is 121 Å². The quantitative estimate of drug-likeness (QED) is 0.0184. The maximum Gasteiger partial charge on any atom is 0.407 e. The Labute approximate surface area is 486 Å². The minimum Gasteiger partial charge on any atom is -0.445 e. The number of aliphatic hydroxyl groups is 3. The van der Waals surface area contributed by atoms with E-state index in [-0.39, 0.29) is 58.9 Å². The molecular formula is C55H83IN12O13. The summed E-state index contributed by atoms with van der Waals surface area (Å²) in [5.74, 6) is -3.43. The normalized spacial score (nSPS) is 20.9. The number of H-pyrrole nitrogens is 1. The van der Waals surface area contributed by atoms with Crippen molar-refractivity contribution in [3.05, 3.63) is 42.0 Å². The van der Waals surface area contributed by atoms with Gasteiger partial charge in [-0.3, -0.25) is 38.5 Å². The number of aliphatic hydroxyl groups excluding tert-OH is 3. The van der Waals surface area contributed by atoms with E-state index in [2.05, 4.69) is 101 Å². The minimum atomic E-state index is -1.63. The Morgan fingerprint density at radius 2 is 1.58 bits per heavy atom. The highest BCUT2D eigenvalue weighted by Crippen LogP contribution is 2.43. The fraction of sp³-hybridized carbons (Fsp3) is 0.655. The Morgan fingerprint density at radius 1 is 0.877 bits per heavy atom. The van der Waals surface area contributed by atoms with E-state index < -0.39 is 104 Å². The number of hydrogen-bond donors (Lipinski definition) is 11. The summed E-state index contributed by atoms with van der Waals surface area (Å²) in [5, 5.41) is 50.4. The van der Waals surface area contributed by atoms with Gasteiger partial charge in [0.05, 0.1) is 25.1 Å². The smallest absolute Gasteiger partial charge is 0.407 e. The second kappa shape index (κ2) is 31.9. The van der Waals surface area contributed by atoms with Gasteiger partial charge in [0, 0.05) is 34.4 Å². The van der Waals surface area contributed by atoms with Crippen LogP contribution in [0.5, 0.6) is 0 Å². The molecule has 26 heteroatoms. The Bertz CT molecular complexity index is 2610. The van der Waals surface area contributed by atoms with Gasteiger partial charge in [-0.25, -0.2) is 19.7 Å². The van der Waals surface area contributed by atoms with Gasteiger partial charge < -0.3 is 67.0 Å². The second-order valence-corrected chi connectivity index (χ2v) is 23.3. The van der Waals surface area contributed by atoms with Gasteiger partial charge in [0.2, 0.25) is 41.4 Å². The number of amides is 8. The van der Waals surface area contributed by atoms with Gasteiger partial charge in [-0.15, -0.1) is 0 Å². The van der Waals surface area contributed by atoms with Gasteiger partial charge in [-0.05, 0) is 56.2 Å². The Morgan fingerprint density at radius 3 is 2.25 bits per heavy atom. The van der Waals surface area contributed by atoms with Crippen LogP contribution in [0.4, 0.5) is 16.3 Å². The van der Waals surface area contributed by atoms with Crippen LogP contribution >= 0.6 is 22.6 Å². The van der Waals surface area contributed by atoms with Gasteiger partial charge >= 0.3 is 6.09 Å². The van der Waals surface area contributed by atoms with E-state index in [1.54, 1.807) is 38.1 Å². The molecule has 0 spiro atoms. The third-order valence-corrected chi connectivity index (χ3v) is 16.8. The number of nitrogens with one attached hydrogen (secondary N) is 8. The molecule has 8 amide bonds. The van der Waals surface area contributed by atoms with Gasteiger partial charge in [0.15, 0.2) is 17.7 Å². The lowest BCUT2D eigenvalue weighted by atomic mass is 9.84. The standard InChI is InChI=1S/C55H83IN12O13/c1-8-12-14-16-23-55(56,11-4)36-25-41(73)68(53(36)78)24-22-38(70)63-42(31(5)6)51(77)61-32(7)50(76)62-35-20-18-33(19-21-35)29-80-54(79)58-26-39(71)57-27-40(72)64-43-37(28-69)81-52(46(75)45(43)74)67-49-44-48(59-30-60-49)66-47(65-44)34(10-3)17-15-13-9-2/h18-21,30-32,34,36-37,42-43,45-46,52,69,74-75H,8-17,22-29H2,1-7H3,(H,57,71)(H,58,79)(H,61,77)(H,62,76)(H,63,70)(H,64,72)(H2,59,60,65,66,67)/t32-,34?,36?,37-,42-,43-,45+,46-,52-,55?/m0/s1. The van der Waals surface area contributed by atoms with E-state index in [9.17, 15) is 53.7 Å². The number of carbonyl (C=O) groups is 8. The van der Waals surface area contributed by atoms with Crippen molar-refractivity contribution in [1.82, 2.24) is 51.4 Å². The Balaban J connectivity index is 0.990. The van der Waals surface area contributed by atoms with Crippen molar-refractivity contribution in [1.29, 1.82) is 0 Å². The van der Waals surface area contributed by atoms with Crippen molar-refractivity contribution in [2.24, 2.45) is 11.8 Å². The number of imide groups is 1. The summed E-state index contributed by atoms with van der Waals surface area (Å²) in [6.45, 7) is 11.2. The number of carbonyl (C=O) groups excluding carboxylic acids is 8. The molecule has 0 saturated carbocycles. The first kappa shape index (κ1) is 65.7. The van der Waals surface area contributed by atoms with E-state index in [1.807, 2.05) is 6.92 Å². The van der Waals surface area contributed by atoms with Crippen molar-refractivity contribution in [2.45, 2.75) is 191 Å². The molecule has 2 aromatic heterocycles. The lowest BCUT2D eigenvalue weighted by Gasteiger charge is -2.42. The number of nitrogens with zero attached hydrogens (tertiary/aromatic N) is 4. The van der Waals surface area contributed by atoms with Crippen molar-refractivity contribution in [2.75, 3.05) is 36.9 Å². The Hall–Kier alpha value is -6.10. The molecule has 11 N–H and O–H groups in total. The zero-order valence-corrected chi connectivity index (χ0v) is 49.6. The van der Waals surface area contributed by atoms with E-state index in [0.717, 1.165) is 81.4 Å². The summed E-state index contributed by atoms with van der Waals surface area (Å²) in [6.07, 6.45) is 5.47. The Kier molecular flexibility index (Phi) is 25.9. The van der Waals surface area contributed by atoms with Gasteiger partial charge in [-0.2, -0.15) is 0 Å². The van der Waals surface area contributed by atoms with Crippen LogP contribution in [0.15, 0.2) is 30.6 Å². The predicted molar refractivity (Wildman–Crippen MR) is 308 cm³/mol. The highest BCUT2D eigenvalue weighted by Gasteiger charge is 2.49. The van der Waals surface area contributed by atoms with E-state index >= 15 is 0 Å². The van der Waals surface area contributed by atoms with Crippen LogP contribution in [0.1, 0.15) is 149 Å². The molecule has 448 valence electrons. The number of aromatic nitrogens is 4. The largest absolute Gasteiger partial charge is 0.445 e. The maximum absolute atomic E-state index is 13.5. The first-order valence-corrected chi connectivity index (χ1v) is 29.3. The number of alkyl carbamates (subject to hydrolysis) is 1. The molecule has 0 bridgehead atoms. The van der Waals surface area contributed by atoms with Crippen molar-refractivity contribution >= 4 is 92.7 Å². The third kappa shape index (κ3) is 18.7. The molecule has 3 aromatic rings. The van der Waals surface area contributed by atoms with E-state index in [4.69, 9.17) is 9.47 Å². The molecule has 10 atom stereocenters. The van der Waals surface area contributed by atoms with Crippen LogP contribution in [-0.4, -0.2) is 160 Å². The molecule has 2 aliphatic heterocycles. The van der Waals surface area contributed by atoms with Crippen molar-refractivity contribution in [3.8, 4) is 0 Å². The zero-order chi connectivity index (χ0) is 59.4. The number of hydrogen-bond acceptors (Lipinski definition) is 17. The summed E-state index contributed by atoms with van der Waals surface area (Å²) in [7, 11) is 0. The number of halogens is 1. The SMILES string of the molecule is CCCCCCC(I)(CC)C1CC(=O)N(CCC(=O)N[C@H](C(=O)N[C@@H](C)C(=O)Nc2ccc(COC(=O)NCC(=O)NCC(=O)N[C@@H]3[C@@H](O)[C@H](O)[C@@H](Nc4ncnc5nc(C(CC)CCCCC)[nH]c45)O[C@H]3CO)cc2)C(C)C)C1=O. The molecule has 5 rings (SSSR count). The number of alkyl halides is 1. The maximum atomic E-state index is 13.5. The van der Waals surface area contributed by atoms with Crippen LogP contribution in [0.25, 0.3) is 11.2 Å². The number of likely N-dealkylation sites (tertiary alicyclic amines) is 1. The van der Waals surface area contributed by atoms with Crippen LogP contribution < -0.4 is 37.2 Å². The fourth-order valence-corrected chi connectivity index (χ4v) is 10.6. The summed E-state index contributed by atoms with van der Waals surface area (Å²) in [6, 6.07) is 2.94. The topological polar surface area (TPSA) is 358 Å². The van der Waals surface area contributed by atoms with Crippen LogP contribution in [-0.2, 0) is 49.6 Å². The highest BCUT2D eigenvalue weighted by atomic mass is 127. The number of unbranched alkanes of at least 4 members (excludes halogenated alkanes) is 5. The monoisotopic (exact) mass is 1250 g/mol. The van der Waals surface area contributed by atoms with Gasteiger partial charge in [0.1, 0.15) is 61.2 Å². The predicted octanol–water partition coefficient (Wildman–Crippen LogP) is 3.71. The molecule has 0 aliphatic carbocycles. The number of fused-ring (bicyclic) bond motifs is 1. The second-order valence-electron chi connectivity index (χ2n) is 21.1. The number of anilines is 2. The molecule has 81 heavy (non-hydrogen) atoms. The molecule has 0 radical (unpaired) electrons. The van der Waals surface area contributed by atoms with Gasteiger partial charge in [0.25, 0.3) is 0 Å². The van der Waals surface area contributed by atoms with Crippen LogP contribution in [0.2, 0.25) is 0 Å². The van der Waals surface area contributed by atoms with E-state index in [1.165, 1.54) is 13.3 Å². The summed E-state index contributed by atoms with van der Waals surface area (Å²) < 4.78 is 10.7. The first-order chi connectivity index (χ1) is 38.7. The number of ether oxygens (including phenoxy) is 2. The fourth-order valence-electron chi connectivity index (χ4n) is 9.77. The molecule has 2 aliphatic rings. The summed E-state index contributed by atoms with van der Waals surface area (Å²) in [5.41, 5.74) is 1.76. The van der Waals surface area contributed by atoms with Crippen molar-refractivity contribution < 1.29 is 63.1 Å². The minimum absolute atomic E-state index is 0.100. The molecule has 1 aromatic carbocycles. The zero-order valence-electron chi connectivity index (χ0n) is 47.5. The first-order valence-electron chi connectivity index (χ1n) is 28.3. The highest BCUT2D eigenvalue weighted by molar-refractivity contribution is 14.1. The lowest BCUT2D eigenvalue weighted by molar-refractivity contribution is -0.185. The molecule has 2 saturated heterocycles. The number of rotatable bonds is 32. The molecule has 3 unspecified atom stereocenters. The summed E-state index contributed by atoms with van der Waals surface area (Å²) >= 11 is 2.34. The molecular weight excluding hydrogens is 1160 g/mol. The van der Waals surface area contributed by atoms with E-state index in [0.29, 0.717) is 22.4 Å². The molecule has 4 heterocycles. The lowest BCUT2D eigenvalue weighted by Crippen LogP contribution is -2.66. The molecule has 25 nitrogen and oxygen atoms in total. The summed E-state index contributed by atoms with van der Waals surface area (Å²) in [4.78, 5) is 122. The average molecular weight is 1250 g/mol. The van der Waals surface area contributed by atoms with Crippen LogP contribution in [0, 0.1) is 11.8 Å². The average Bonchev–Trinajstić information content (AvgIpc) is 4.20. The number of imidazole rings is 1. The van der Waals surface area contributed by atoms with Crippen molar-refractivity contribution in [3.63, 3.8) is 0 Å². The number of benzene rings is 1.